The maximum Gasteiger partial charge on any atom is 0.305 e. The van der Waals surface area contributed by atoms with Gasteiger partial charge in [-0.05, 0) is 44.4 Å². The molecule has 0 radical (unpaired) electrons. The van der Waals surface area contributed by atoms with Gasteiger partial charge in [0.25, 0.3) is 0 Å². The van der Waals surface area contributed by atoms with Crippen molar-refractivity contribution in [2.75, 3.05) is 6.61 Å². The van der Waals surface area contributed by atoms with Crippen LogP contribution in [0.5, 0.6) is 0 Å². The Morgan fingerprint density at radius 2 is 1.43 bits per heavy atom. The quantitative estimate of drug-likeness (QED) is 0.114. The van der Waals surface area contributed by atoms with E-state index in [1.165, 1.54) is 38.5 Å². The van der Waals surface area contributed by atoms with Gasteiger partial charge in [-0.3, -0.25) is 9.59 Å². The Morgan fingerprint density at radius 3 is 2.14 bits per heavy atom. The Morgan fingerprint density at radius 1 is 0.829 bits per heavy atom. The first-order valence-corrected chi connectivity index (χ1v) is 15.0. The molecule has 0 heterocycles. The van der Waals surface area contributed by atoms with E-state index in [2.05, 4.69) is 13.8 Å². The van der Waals surface area contributed by atoms with Crippen LogP contribution in [-0.4, -0.2) is 40.8 Å². The summed E-state index contributed by atoms with van der Waals surface area (Å²) < 4.78 is 5.36. The van der Waals surface area contributed by atoms with Gasteiger partial charge in [0, 0.05) is 18.8 Å². The number of aliphatic hydroxyl groups excluding tert-OH is 2. The van der Waals surface area contributed by atoms with Crippen LogP contribution >= 0.6 is 0 Å². The SMILES string of the molecule is CCCCCCCCCCOC(=O)CCCCCC[C@H]1C(=O)C[C@@H](O)[C@@H]1CCCC(O)CCCC. The highest BCUT2D eigenvalue weighted by Crippen LogP contribution is 2.36. The van der Waals surface area contributed by atoms with E-state index in [4.69, 9.17) is 4.74 Å². The number of unbranched alkanes of at least 4 members (excludes halogenated alkanes) is 11. The third-order valence-corrected chi connectivity index (χ3v) is 7.71. The van der Waals surface area contributed by atoms with Crippen molar-refractivity contribution in [3.63, 3.8) is 0 Å². The molecule has 0 saturated heterocycles. The summed E-state index contributed by atoms with van der Waals surface area (Å²) >= 11 is 0. The van der Waals surface area contributed by atoms with Gasteiger partial charge in [0.15, 0.2) is 0 Å². The predicted molar refractivity (Wildman–Crippen MR) is 143 cm³/mol. The number of rotatable bonds is 23. The van der Waals surface area contributed by atoms with Gasteiger partial charge >= 0.3 is 5.97 Å². The molecule has 206 valence electrons. The maximum absolute atomic E-state index is 12.4. The topological polar surface area (TPSA) is 83.8 Å². The molecule has 1 saturated carbocycles. The summed E-state index contributed by atoms with van der Waals surface area (Å²) in [4.78, 5) is 24.3. The molecule has 1 fully saturated rings. The van der Waals surface area contributed by atoms with Crippen LogP contribution in [0.4, 0.5) is 0 Å². The Balaban J connectivity index is 2.06. The minimum absolute atomic E-state index is 0.0330. The van der Waals surface area contributed by atoms with E-state index in [-0.39, 0.29) is 29.7 Å². The van der Waals surface area contributed by atoms with Crippen molar-refractivity contribution in [2.45, 2.75) is 161 Å². The average molecular weight is 497 g/mol. The third-order valence-electron chi connectivity index (χ3n) is 7.71. The summed E-state index contributed by atoms with van der Waals surface area (Å²) in [6, 6.07) is 0. The van der Waals surface area contributed by atoms with Gasteiger partial charge in [0.1, 0.15) is 5.78 Å². The number of aliphatic hydroxyl groups is 2. The highest BCUT2D eigenvalue weighted by Gasteiger charge is 2.40. The molecule has 1 rings (SSSR count). The molecular weight excluding hydrogens is 440 g/mol. The van der Waals surface area contributed by atoms with E-state index < -0.39 is 6.10 Å². The standard InChI is InChI=1S/C30H56O5/c1-3-5-7-8-9-10-13-16-23-35-30(34)22-15-12-11-14-20-26-27(29(33)24-28(26)32)21-17-19-25(31)18-6-4-2/h25-27,29,31,33H,3-24H2,1-2H3/t25?,26-,27-,29-/m1/s1. The second-order valence-electron chi connectivity index (χ2n) is 10.9. The molecule has 5 heteroatoms. The van der Waals surface area contributed by atoms with Crippen molar-refractivity contribution < 1.29 is 24.5 Å². The minimum atomic E-state index is -0.517. The molecule has 35 heavy (non-hydrogen) atoms. The van der Waals surface area contributed by atoms with Crippen LogP contribution in [0.2, 0.25) is 0 Å². The fourth-order valence-electron chi connectivity index (χ4n) is 5.44. The van der Waals surface area contributed by atoms with Crippen molar-refractivity contribution in [1.29, 1.82) is 0 Å². The number of ketones is 1. The summed E-state index contributed by atoms with van der Waals surface area (Å²) in [6.07, 6.45) is 20.0. The maximum atomic E-state index is 12.4. The highest BCUT2D eigenvalue weighted by molar-refractivity contribution is 5.84. The van der Waals surface area contributed by atoms with E-state index in [1.807, 2.05) is 0 Å². The number of ether oxygens (including phenoxy) is 1. The fourth-order valence-corrected chi connectivity index (χ4v) is 5.44. The van der Waals surface area contributed by atoms with Gasteiger partial charge in [-0.2, -0.15) is 0 Å². The van der Waals surface area contributed by atoms with Gasteiger partial charge < -0.3 is 14.9 Å². The highest BCUT2D eigenvalue weighted by atomic mass is 16.5. The molecule has 4 atom stereocenters. The van der Waals surface area contributed by atoms with Crippen LogP contribution in [0, 0.1) is 11.8 Å². The molecule has 1 aliphatic carbocycles. The average Bonchev–Trinajstić information content (AvgIpc) is 3.10. The van der Waals surface area contributed by atoms with Gasteiger partial charge in [0.2, 0.25) is 0 Å². The number of carbonyl (C=O) groups excluding carboxylic acids is 2. The molecule has 0 aromatic rings. The van der Waals surface area contributed by atoms with Crippen molar-refractivity contribution in [1.82, 2.24) is 0 Å². The van der Waals surface area contributed by atoms with Crippen LogP contribution in [0.25, 0.3) is 0 Å². The second-order valence-corrected chi connectivity index (χ2v) is 10.9. The largest absolute Gasteiger partial charge is 0.466 e. The number of Topliss-reactive ketones (excluding diaryl/α,β-unsaturated/α-hetero) is 1. The lowest BCUT2D eigenvalue weighted by Crippen LogP contribution is -2.21. The summed E-state index contributed by atoms with van der Waals surface area (Å²) in [7, 11) is 0. The molecule has 2 N–H and O–H groups in total. The number of hydrogen-bond donors (Lipinski definition) is 2. The minimum Gasteiger partial charge on any atom is -0.466 e. The lowest BCUT2D eigenvalue weighted by Gasteiger charge is -2.21. The molecule has 0 spiro atoms. The second kappa shape index (κ2) is 21.2. The van der Waals surface area contributed by atoms with Crippen molar-refractivity contribution >= 4 is 11.8 Å². The Hall–Kier alpha value is -0.940. The zero-order valence-corrected chi connectivity index (χ0v) is 23.0. The van der Waals surface area contributed by atoms with E-state index in [1.54, 1.807) is 0 Å². The zero-order chi connectivity index (χ0) is 25.7. The molecule has 0 aromatic heterocycles. The fraction of sp³-hybridized carbons (Fsp3) is 0.933. The van der Waals surface area contributed by atoms with Crippen LogP contribution < -0.4 is 0 Å². The van der Waals surface area contributed by atoms with Crippen molar-refractivity contribution in [3.05, 3.63) is 0 Å². The third kappa shape index (κ3) is 15.7. The smallest absolute Gasteiger partial charge is 0.305 e. The van der Waals surface area contributed by atoms with E-state index in [0.29, 0.717) is 19.4 Å². The Bertz CT molecular complexity index is 535. The zero-order valence-electron chi connectivity index (χ0n) is 23.0. The van der Waals surface area contributed by atoms with Gasteiger partial charge in [-0.15, -0.1) is 0 Å². The summed E-state index contributed by atoms with van der Waals surface area (Å²) in [6.45, 7) is 4.92. The van der Waals surface area contributed by atoms with Gasteiger partial charge in [0.05, 0.1) is 18.8 Å². The molecule has 0 aromatic carbocycles. The molecule has 1 aliphatic rings. The molecular formula is C30H56O5. The van der Waals surface area contributed by atoms with Crippen molar-refractivity contribution in [3.8, 4) is 0 Å². The van der Waals surface area contributed by atoms with Crippen molar-refractivity contribution in [2.24, 2.45) is 11.8 Å². The van der Waals surface area contributed by atoms with Crippen LogP contribution in [0.3, 0.4) is 0 Å². The van der Waals surface area contributed by atoms with Gasteiger partial charge in [-0.1, -0.05) is 97.3 Å². The molecule has 1 unspecified atom stereocenters. The molecule has 0 amide bonds. The van der Waals surface area contributed by atoms with Crippen LogP contribution in [-0.2, 0) is 14.3 Å². The van der Waals surface area contributed by atoms with E-state index in [0.717, 1.165) is 83.5 Å². The van der Waals surface area contributed by atoms with Gasteiger partial charge in [-0.25, -0.2) is 0 Å². The first kappa shape index (κ1) is 32.1. The molecule has 0 aliphatic heterocycles. The lowest BCUT2D eigenvalue weighted by molar-refractivity contribution is -0.143. The Labute approximate surface area is 215 Å². The summed E-state index contributed by atoms with van der Waals surface area (Å²) in [5, 5.41) is 20.4. The number of esters is 1. The Kier molecular flexibility index (Phi) is 19.4. The van der Waals surface area contributed by atoms with Crippen LogP contribution in [0.15, 0.2) is 0 Å². The first-order chi connectivity index (χ1) is 17.0. The predicted octanol–water partition coefficient (Wildman–Crippen LogP) is 7.30. The van der Waals surface area contributed by atoms with E-state index in [9.17, 15) is 19.8 Å². The molecule has 5 nitrogen and oxygen atoms in total. The van der Waals surface area contributed by atoms with Crippen LogP contribution in [0.1, 0.15) is 149 Å². The molecule has 0 bridgehead atoms. The number of carbonyl (C=O) groups is 2. The normalized spacial score (nSPS) is 20.9. The lowest BCUT2D eigenvalue weighted by atomic mass is 9.85. The summed E-state index contributed by atoms with van der Waals surface area (Å²) in [5.74, 6) is 0.142. The summed E-state index contributed by atoms with van der Waals surface area (Å²) in [5.41, 5.74) is 0. The van der Waals surface area contributed by atoms with E-state index >= 15 is 0 Å². The first-order valence-electron chi connectivity index (χ1n) is 15.0. The monoisotopic (exact) mass is 496 g/mol. The number of hydrogen-bond acceptors (Lipinski definition) is 5.